The normalized spacial score (nSPS) is 13.1. The first-order chi connectivity index (χ1) is 11.8. The maximum Gasteiger partial charge on any atom is 0.250 e. The zero-order valence-electron chi connectivity index (χ0n) is 15.3. The van der Waals surface area contributed by atoms with Gasteiger partial charge in [0.25, 0.3) is 0 Å². The Hall–Kier alpha value is -1.79. The molecule has 0 radical (unpaired) electrons. The fourth-order valence-electron chi connectivity index (χ4n) is 2.54. The van der Waals surface area contributed by atoms with Crippen molar-refractivity contribution in [3.05, 3.63) is 46.0 Å². The average Bonchev–Trinajstić information content (AvgIpc) is 2.59. The summed E-state index contributed by atoms with van der Waals surface area (Å²) in [6.07, 6.45) is 1.42. The van der Waals surface area contributed by atoms with E-state index in [1.165, 1.54) is 6.07 Å². The molecule has 0 saturated carbocycles. The Morgan fingerprint density at radius 2 is 2.12 bits per heavy atom. The van der Waals surface area contributed by atoms with Crippen LogP contribution in [0.15, 0.2) is 29.6 Å². The summed E-state index contributed by atoms with van der Waals surface area (Å²) in [4.78, 5) is 14.0. The number of halogens is 2. The number of rotatable bonds is 9. The quantitative estimate of drug-likeness (QED) is 0.583. The van der Waals surface area contributed by atoms with Crippen LogP contribution in [0.3, 0.4) is 0 Å². The van der Waals surface area contributed by atoms with Gasteiger partial charge in [-0.1, -0.05) is 17.7 Å². The summed E-state index contributed by atoms with van der Waals surface area (Å²) >= 11 is 5.72. The fourth-order valence-corrected chi connectivity index (χ4v) is 2.66. The van der Waals surface area contributed by atoms with Crippen LogP contribution in [-0.2, 0) is 11.2 Å². The highest BCUT2D eigenvalue weighted by atomic mass is 35.5. The molecule has 0 heterocycles. The van der Waals surface area contributed by atoms with Gasteiger partial charge >= 0.3 is 0 Å². The van der Waals surface area contributed by atoms with Crippen molar-refractivity contribution in [1.29, 1.82) is 0 Å². The van der Waals surface area contributed by atoms with Gasteiger partial charge in [0.1, 0.15) is 11.6 Å². The van der Waals surface area contributed by atoms with Gasteiger partial charge in [0.2, 0.25) is 5.91 Å². The molecule has 0 bridgehead atoms. The largest absolute Gasteiger partial charge is 0.369 e. The highest BCUT2D eigenvalue weighted by Gasteiger charge is 2.16. The zero-order chi connectivity index (χ0) is 19.0. The SMILES string of the molecule is CNC(=O)/C(C)=C(/NC(C)Cc1ccc(Cl)c(F)c1)N(C)CCCN. The number of nitrogens with two attached hydrogens (primary N) is 1. The van der Waals surface area contributed by atoms with Crippen LogP contribution in [0.25, 0.3) is 0 Å². The molecule has 0 aromatic heterocycles. The van der Waals surface area contributed by atoms with Crippen molar-refractivity contribution in [2.45, 2.75) is 32.7 Å². The van der Waals surface area contributed by atoms with Crippen molar-refractivity contribution < 1.29 is 9.18 Å². The molecule has 0 aliphatic heterocycles. The van der Waals surface area contributed by atoms with E-state index in [1.54, 1.807) is 26.1 Å². The van der Waals surface area contributed by atoms with Crippen LogP contribution < -0.4 is 16.4 Å². The van der Waals surface area contributed by atoms with Gasteiger partial charge in [0.05, 0.1) is 10.6 Å². The van der Waals surface area contributed by atoms with E-state index < -0.39 is 5.82 Å². The van der Waals surface area contributed by atoms with Gasteiger partial charge < -0.3 is 21.3 Å². The molecule has 1 amide bonds. The third-order valence-electron chi connectivity index (χ3n) is 3.91. The monoisotopic (exact) mass is 370 g/mol. The Labute approximate surface area is 154 Å². The highest BCUT2D eigenvalue weighted by Crippen LogP contribution is 2.17. The molecule has 0 saturated heterocycles. The van der Waals surface area contributed by atoms with Gasteiger partial charge in [-0.3, -0.25) is 4.79 Å². The molecule has 1 unspecified atom stereocenters. The predicted molar refractivity (Wildman–Crippen MR) is 101 cm³/mol. The molecular weight excluding hydrogens is 343 g/mol. The lowest BCUT2D eigenvalue weighted by atomic mass is 10.1. The molecule has 25 heavy (non-hydrogen) atoms. The van der Waals surface area contributed by atoms with E-state index in [2.05, 4.69) is 10.6 Å². The van der Waals surface area contributed by atoms with Gasteiger partial charge in [0.15, 0.2) is 0 Å². The third-order valence-corrected chi connectivity index (χ3v) is 4.22. The smallest absolute Gasteiger partial charge is 0.250 e. The van der Waals surface area contributed by atoms with E-state index >= 15 is 0 Å². The number of carbonyl (C=O) groups is 1. The van der Waals surface area contributed by atoms with Gasteiger partial charge in [-0.25, -0.2) is 4.39 Å². The molecule has 1 aromatic carbocycles. The number of likely N-dealkylation sites (N-methyl/N-ethyl adjacent to an activating group) is 1. The number of carbonyl (C=O) groups excluding carboxylic acids is 1. The standard InChI is InChI=1S/C18H28ClFN4O/c1-12(10-14-6-7-15(19)16(20)11-14)23-17(13(2)18(25)22-3)24(4)9-5-8-21/h6-7,11-12,23H,5,8-10,21H2,1-4H3,(H,22,25)/b17-13-. The second-order valence-electron chi connectivity index (χ2n) is 6.11. The van der Waals surface area contributed by atoms with E-state index in [4.69, 9.17) is 17.3 Å². The first-order valence-corrected chi connectivity index (χ1v) is 8.72. The predicted octanol–water partition coefficient (Wildman–Crippen LogP) is 2.26. The summed E-state index contributed by atoms with van der Waals surface area (Å²) in [5.74, 6) is 0.172. The van der Waals surface area contributed by atoms with Crippen LogP contribution in [0.1, 0.15) is 25.8 Å². The maximum absolute atomic E-state index is 13.6. The maximum atomic E-state index is 13.6. The lowest BCUT2D eigenvalue weighted by Gasteiger charge is -2.28. The van der Waals surface area contributed by atoms with Gasteiger partial charge in [0, 0.05) is 26.7 Å². The molecule has 4 N–H and O–H groups in total. The summed E-state index contributed by atoms with van der Waals surface area (Å²) in [5.41, 5.74) is 7.01. The molecule has 0 aliphatic rings. The molecule has 0 fully saturated rings. The Bertz CT molecular complexity index is 621. The van der Waals surface area contributed by atoms with E-state index in [0.717, 1.165) is 24.4 Å². The average molecular weight is 371 g/mol. The Balaban J connectivity index is 2.91. The van der Waals surface area contributed by atoms with Crippen LogP contribution in [0.4, 0.5) is 4.39 Å². The molecule has 1 aromatic rings. The molecular formula is C18H28ClFN4O. The summed E-state index contributed by atoms with van der Waals surface area (Å²) in [6, 6.07) is 4.79. The second-order valence-corrected chi connectivity index (χ2v) is 6.52. The molecule has 140 valence electrons. The van der Waals surface area contributed by atoms with E-state index in [-0.39, 0.29) is 17.0 Å². The van der Waals surface area contributed by atoms with Crippen LogP contribution in [-0.4, -0.2) is 44.0 Å². The fraction of sp³-hybridized carbons (Fsp3) is 0.500. The van der Waals surface area contributed by atoms with Crippen LogP contribution in [0.5, 0.6) is 0 Å². The number of nitrogens with one attached hydrogen (secondary N) is 2. The first-order valence-electron chi connectivity index (χ1n) is 8.34. The molecule has 1 rings (SSSR count). The molecule has 7 heteroatoms. The van der Waals surface area contributed by atoms with Crippen LogP contribution in [0, 0.1) is 5.82 Å². The lowest BCUT2D eigenvalue weighted by Crippen LogP contribution is -2.39. The number of nitrogens with zero attached hydrogens (tertiary/aromatic N) is 1. The Morgan fingerprint density at radius 3 is 2.68 bits per heavy atom. The number of hydrogen-bond donors (Lipinski definition) is 3. The third kappa shape index (κ3) is 6.55. The minimum Gasteiger partial charge on any atom is -0.369 e. The van der Waals surface area contributed by atoms with Crippen molar-refractivity contribution in [3.8, 4) is 0 Å². The summed E-state index contributed by atoms with van der Waals surface area (Å²) in [6.45, 7) is 5.07. The summed E-state index contributed by atoms with van der Waals surface area (Å²) < 4.78 is 13.6. The number of amides is 1. The van der Waals surface area contributed by atoms with E-state index in [9.17, 15) is 9.18 Å². The van der Waals surface area contributed by atoms with Crippen molar-refractivity contribution in [3.63, 3.8) is 0 Å². The molecule has 0 aliphatic carbocycles. The van der Waals surface area contributed by atoms with Crippen molar-refractivity contribution in [2.75, 3.05) is 27.2 Å². The topological polar surface area (TPSA) is 70.4 Å². The molecule has 0 spiro atoms. The Morgan fingerprint density at radius 1 is 1.44 bits per heavy atom. The minimum atomic E-state index is -0.427. The number of hydrogen-bond acceptors (Lipinski definition) is 4. The first kappa shape index (κ1) is 21.3. The van der Waals surface area contributed by atoms with Crippen LogP contribution >= 0.6 is 11.6 Å². The van der Waals surface area contributed by atoms with Gasteiger partial charge in [-0.2, -0.15) is 0 Å². The van der Waals surface area contributed by atoms with Crippen molar-refractivity contribution >= 4 is 17.5 Å². The zero-order valence-corrected chi connectivity index (χ0v) is 16.1. The lowest BCUT2D eigenvalue weighted by molar-refractivity contribution is -0.117. The van der Waals surface area contributed by atoms with Crippen LogP contribution in [0.2, 0.25) is 5.02 Å². The van der Waals surface area contributed by atoms with E-state index in [0.29, 0.717) is 18.5 Å². The van der Waals surface area contributed by atoms with Crippen molar-refractivity contribution in [2.24, 2.45) is 5.73 Å². The van der Waals surface area contributed by atoms with Gasteiger partial charge in [-0.15, -0.1) is 0 Å². The van der Waals surface area contributed by atoms with Gasteiger partial charge in [-0.05, 0) is 50.9 Å². The molecule has 1 atom stereocenters. The summed E-state index contributed by atoms with van der Waals surface area (Å²) in [5, 5.41) is 6.12. The van der Waals surface area contributed by atoms with E-state index in [1.807, 2.05) is 18.9 Å². The molecule has 5 nitrogen and oxygen atoms in total. The minimum absolute atomic E-state index is 0.00416. The Kier molecular flexibility index (Phi) is 8.72. The number of benzene rings is 1. The summed E-state index contributed by atoms with van der Waals surface area (Å²) in [7, 11) is 3.52. The second kappa shape index (κ2) is 10.3. The highest BCUT2D eigenvalue weighted by molar-refractivity contribution is 6.30. The van der Waals surface area contributed by atoms with Crippen molar-refractivity contribution in [1.82, 2.24) is 15.5 Å².